The molecular formula is C22H36N4O2. The Hall–Kier alpha value is -2.39. The van der Waals surface area contributed by atoms with E-state index in [-0.39, 0.29) is 25.5 Å². The number of ether oxygens (including phenoxy) is 1. The van der Waals surface area contributed by atoms with E-state index in [0.717, 1.165) is 30.7 Å². The normalized spacial score (nSPS) is 11.0. The van der Waals surface area contributed by atoms with Crippen molar-refractivity contribution in [1.82, 2.24) is 15.2 Å². The largest absolute Gasteiger partial charge is 0.464 e. The Kier molecular flexibility index (Phi) is 15.3. The number of hydrogen-bond acceptors (Lipinski definition) is 6. The fourth-order valence-corrected chi connectivity index (χ4v) is 2.59. The van der Waals surface area contributed by atoms with E-state index in [4.69, 9.17) is 10.00 Å². The van der Waals surface area contributed by atoms with Crippen molar-refractivity contribution in [3.05, 3.63) is 42.4 Å². The third-order valence-corrected chi connectivity index (χ3v) is 3.84. The highest BCUT2D eigenvalue weighted by Crippen LogP contribution is 2.07. The molecule has 1 aromatic heterocycles. The van der Waals surface area contributed by atoms with Crippen molar-refractivity contribution >= 4 is 5.97 Å². The van der Waals surface area contributed by atoms with E-state index in [1.54, 1.807) is 6.20 Å². The van der Waals surface area contributed by atoms with Crippen LogP contribution in [0, 0.1) is 11.3 Å². The highest BCUT2D eigenvalue weighted by Gasteiger charge is 2.14. The second-order valence-corrected chi connectivity index (χ2v) is 6.35. The van der Waals surface area contributed by atoms with E-state index in [2.05, 4.69) is 30.7 Å². The van der Waals surface area contributed by atoms with Gasteiger partial charge in [0.25, 0.3) is 0 Å². The molecule has 0 spiro atoms. The number of nitrogens with one attached hydrogen (secondary N) is 1. The monoisotopic (exact) mass is 388 g/mol. The Bertz CT molecular complexity index is 584. The van der Waals surface area contributed by atoms with Crippen LogP contribution in [0.25, 0.3) is 0 Å². The molecule has 156 valence electrons. The quantitative estimate of drug-likeness (QED) is 0.406. The summed E-state index contributed by atoms with van der Waals surface area (Å²) in [7, 11) is 0. The van der Waals surface area contributed by atoms with Crippen molar-refractivity contribution in [3.8, 4) is 6.07 Å². The van der Waals surface area contributed by atoms with Crippen molar-refractivity contribution in [2.24, 2.45) is 0 Å². The summed E-state index contributed by atoms with van der Waals surface area (Å²) in [5.41, 5.74) is 1.87. The van der Waals surface area contributed by atoms with Gasteiger partial charge in [-0.15, -0.1) is 0 Å². The molecule has 6 heteroatoms. The molecule has 1 aromatic rings. The summed E-state index contributed by atoms with van der Waals surface area (Å²) in [6.45, 7) is 13.9. The zero-order valence-corrected chi connectivity index (χ0v) is 17.9. The van der Waals surface area contributed by atoms with Crippen molar-refractivity contribution in [1.29, 1.82) is 5.26 Å². The molecule has 1 heterocycles. The zero-order valence-electron chi connectivity index (χ0n) is 17.9. The van der Waals surface area contributed by atoms with E-state index >= 15 is 0 Å². The minimum Gasteiger partial charge on any atom is -0.464 e. The highest BCUT2D eigenvalue weighted by atomic mass is 16.5. The number of pyridine rings is 1. The van der Waals surface area contributed by atoms with Crippen LogP contribution in [-0.2, 0) is 16.1 Å². The third-order valence-electron chi connectivity index (χ3n) is 3.84. The molecule has 28 heavy (non-hydrogen) atoms. The Morgan fingerprint density at radius 3 is 2.79 bits per heavy atom. The average Bonchev–Trinajstić information content (AvgIpc) is 2.69. The molecular weight excluding hydrogens is 352 g/mol. The lowest BCUT2D eigenvalue weighted by Gasteiger charge is -2.23. The van der Waals surface area contributed by atoms with Crippen LogP contribution < -0.4 is 5.32 Å². The topological polar surface area (TPSA) is 78.2 Å². The number of rotatable bonds is 13. The van der Waals surface area contributed by atoms with Gasteiger partial charge in [-0.2, -0.15) is 5.26 Å². The number of carbonyl (C=O) groups is 1. The number of aromatic nitrogens is 1. The smallest absolute Gasteiger partial charge is 0.320 e. The van der Waals surface area contributed by atoms with Gasteiger partial charge in [-0.25, -0.2) is 0 Å². The molecule has 6 nitrogen and oxygen atoms in total. The van der Waals surface area contributed by atoms with Gasteiger partial charge in [0.2, 0.25) is 0 Å². The lowest BCUT2D eigenvalue weighted by molar-refractivity contribution is -0.144. The van der Waals surface area contributed by atoms with Crippen LogP contribution >= 0.6 is 0 Å². The molecule has 0 aliphatic heterocycles. The molecule has 0 bridgehead atoms. The fraction of sp³-hybridized carbons (Fsp3) is 0.591. The summed E-state index contributed by atoms with van der Waals surface area (Å²) in [4.78, 5) is 18.3. The maximum absolute atomic E-state index is 12.0. The summed E-state index contributed by atoms with van der Waals surface area (Å²) < 4.78 is 5.09. The molecule has 0 radical (unpaired) electrons. The van der Waals surface area contributed by atoms with E-state index in [1.165, 1.54) is 0 Å². The van der Waals surface area contributed by atoms with Gasteiger partial charge in [0.15, 0.2) is 0 Å². The summed E-state index contributed by atoms with van der Waals surface area (Å²) in [5.74, 6) is -0.325. The molecule has 0 aliphatic rings. The predicted molar refractivity (Wildman–Crippen MR) is 113 cm³/mol. The third kappa shape index (κ3) is 12.9. The van der Waals surface area contributed by atoms with Gasteiger partial charge in [0.05, 0.1) is 24.7 Å². The summed E-state index contributed by atoms with van der Waals surface area (Å²) in [5, 5.41) is 11.9. The molecule has 0 fully saturated rings. The molecule has 0 amide bonds. The molecule has 1 rings (SSSR count). The first-order valence-electron chi connectivity index (χ1n) is 10.1. The maximum Gasteiger partial charge on any atom is 0.320 e. The van der Waals surface area contributed by atoms with Gasteiger partial charge < -0.3 is 10.1 Å². The minimum atomic E-state index is -0.325. The molecule has 0 aromatic carbocycles. The fourth-order valence-electron chi connectivity index (χ4n) is 2.59. The first-order chi connectivity index (χ1) is 13.5. The lowest BCUT2D eigenvalue weighted by atomic mass is 10.2. The summed E-state index contributed by atoms with van der Waals surface area (Å²) in [6.07, 6.45) is 4.92. The van der Waals surface area contributed by atoms with Crippen molar-refractivity contribution < 1.29 is 9.53 Å². The second kappa shape index (κ2) is 16.8. The molecule has 0 saturated carbocycles. The minimum absolute atomic E-state index is 0.134. The van der Waals surface area contributed by atoms with Crippen LogP contribution in [0.1, 0.15) is 59.1 Å². The number of carbonyl (C=O) groups excluding carboxylic acids is 1. The van der Waals surface area contributed by atoms with Crippen LogP contribution in [-0.4, -0.2) is 41.6 Å². The van der Waals surface area contributed by atoms with Gasteiger partial charge >= 0.3 is 5.97 Å². The Morgan fingerprint density at radius 1 is 1.43 bits per heavy atom. The maximum atomic E-state index is 12.0. The van der Waals surface area contributed by atoms with Crippen LogP contribution in [0.2, 0.25) is 0 Å². The number of nitrogens with zero attached hydrogens (tertiary/aromatic N) is 3. The van der Waals surface area contributed by atoms with Gasteiger partial charge in [-0.05, 0) is 31.9 Å². The van der Waals surface area contributed by atoms with E-state index < -0.39 is 0 Å². The van der Waals surface area contributed by atoms with Crippen LogP contribution in [0.15, 0.2) is 36.7 Å². The highest BCUT2D eigenvalue weighted by molar-refractivity contribution is 5.71. The second-order valence-electron chi connectivity index (χ2n) is 6.35. The predicted octanol–water partition coefficient (Wildman–Crippen LogP) is 4.05. The van der Waals surface area contributed by atoms with Gasteiger partial charge in [-0.1, -0.05) is 39.8 Å². The van der Waals surface area contributed by atoms with Crippen molar-refractivity contribution in [2.75, 3.05) is 19.7 Å². The Balaban J connectivity index is 0.00000352. The van der Waals surface area contributed by atoms with E-state index in [1.807, 2.05) is 43.0 Å². The number of hydrogen-bond donors (Lipinski definition) is 1. The standard InChI is InChI=1S/C20H30N4O2.C2H6/c1-4-8-17(2)23-18(3)10-13-24(15-19-9-5-6-12-22-19)16-20(25)26-14-7-11-21;1-2/h5-6,9,12,17,23H,3-4,7-8,10,13-16H2,1-2H3;1-2H3. The zero-order chi connectivity index (χ0) is 21.2. The van der Waals surface area contributed by atoms with Gasteiger partial charge in [0, 0.05) is 31.0 Å². The van der Waals surface area contributed by atoms with Crippen LogP contribution in [0.5, 0.6) is 0 Å². The van der Waals surface area contributed by atoms with Gasteiger partial charge in [-0.3, -0.25) is 14.7 Å². The average molecular weight is 389 g/mol. The molecule has 0 saturated heterocycles. The first-order valence-corrected chi connectivity index (χ1v) is 10.1. The lowest BCUT2D eigenvalue weighted by Crippen LogP contribution is -2.33. The van der Waals surface area contributed by atoms with Crippen LogP contribution in [0.4, 0.5) is 0 Å². The number of esters is 1. The molecule has 1 atom stereocenters. The Labute approximate surface area is 170 Å². The first kappa shape index (κ1) is 25.6. The van der Waals surface area contributed by atoms with E-state index in [0.29, 0.717) is 19.1 Å². The Morgan fingerprint density at radius 2 is 2.18 bits per heavy atom. The SMILES string of the molecule is C=C(CCN(CC(=O)OCCC#N)Cc1ccccn1)NC(C)CCC.CC. The summed E-state index contributed by atoms with van der Waals surface area (Å²) >= 11 is 0. The summed E-state index contributed by atoms with van der Waals surface area (Å²) in [6, 6.07) is 8.09. The number of nitriles is 1. The van der Waals surface area contributed by atoms with Crippen molar-refractivity contribution in [2.45, 2.75) is 66.0 Å². The molecule has 1 unspecified atom stereocenters. The van der Waals surface area contributed by atoms with Gasteiger partial charge in [0.1, 0.15) is 6.61 Å². The molecule has 1 N–H and O–H groups in total. The van der Waals surface area contributed by atoms with E-state index in [9.17, 15) is 4.79 Å². The molecule has 0 aliphatic carbocycles. The van der Waals surface area contributed by atoms with Crippen LogP contribution in [0.3, 0.4) is 0 Å². The van der Waals surface area contributed by atoms with Crippen molar-refractivity contribution in [3.63, 3.8) is 0 Å².